The first kappa shape index (κ1) is 97.7. The fraction of sp³-hybridized carbons (Fsp3) is 0.612. The van der Waals surface area contributed by atoms with Crippen LogP contribution in [0.2, 0.25) is 0 Å². The van der Waals surface area contributed by atoms with Crippen molar-refractivity contribution in [2.24, 2.45) is 0 Å². The van der Waals surface area contributed by atoms with E-state index >= 15 is 0 Å². The third-order valence-corrected chi connectivity index (χ3v) is 17.5. The molecule has 5 unspecified atom stereocenters. The summed E-state index contributed by atoms with van der Waals surface area (Å²) in [7, 11) is -9.83. The minimum absolute atomic E-state index is 0.0538. The number of unbranched alkanes of at least 4 members (excludes halogenated alkanes) is 19. The molecule has 0 aliphatic heterocycles. The number of phosphoric acid groups is 2. The van der Waals surface area contributed by atoms with Crippen molar-refractivity contribution < 1.29 is 75.8 Å². The lowest BCUT2D eigenvalue weighted by molar-refractivity contribution is -0.161. The second kappa shape index (κ2) is 76.3. The van der Waals surface area contributed by atoms with E-state index in [1.54, 1.807) is 0 Å². The molecule has 0 aromatic heterocycles. The molecule has 0 spiro atoms. The highest BCUT2D eigenvalue weighted by Gasteiger charge is 2.29. The van der Waals surface area contributed by atoms with Gasteiger partial charge in [0, 0.05) is 19.3 Å². The number of hydrogen-bond acceptors (Lipinski definition) is 14. The van der Waals surface area contributed by atoms with Gasteiger partial charge in [-0.3, -0.25) is 32.5 Å². The molecule has 103 heavy (non-hydrogen) atoms. The van der Waals surface area contributed by atoms with E-state index in [1.165, 1.54) is 38.5 Å². The molecular formula is C85H138O16P2. The van der Waals surface area contributed by atoms with Crippen molar-refractivity contribution in [3.05, 3.63) is 182 Å². The van der Waals surface area contributed by atoms with E-state index in [2.05, 4.69) is 203 Å². The molecule has 0 aliphatic rings. The Hall–Kier alpha value is -5.35. The Morgan fingerprint density at radius 1 is 0.282 bits per heavy atom. The highest BCUT2D eigenvalue weighted by atomic mass is 31.2. The molecule has 0 saturated carbocycles. The third-order valence-electron chi connectivity index (χ3n) is 15.6. The summed E-state index contributed by atoms with van der Waals surface area (Å²) >= 11 is 0. The van der Waals surface area contributed by atoms with Gasteiger partial charge in [0.05, 0.1) is 26.4 Å². The van der Waals surface area contributed by atoms with Crippen LogP contribution in [-0.2, 0) is 55.8 Å². The summed E-state index contributed by atoms with van der Waals surface area (Å²) in [5.74, 6) is -1.65. The monoisotopic (exact) mass is 1480 g/mol. The van der Waals surface area contributed by atoms with E-state index in [0.29, 0.717) is 19.3 Å². The van der Waals surface area contributed by atoms with Crippen molar-refractivity contribution in [3.8, 4) is 0 Å². The number of aliphatic hydroxyl groups is 2. The van der Waals surface area contributed by atoms with Crippen LogP contribution in [0.15, 0.2) is 182 Å². The molecule has 0 aliphatic carbocycles. The van der Waals surface area contributed by atoms with Gasteiger partial charge in [-0.1, -0.05) is 280 Å². The lowest BCUT2D eigenvalue weighted by Crippen LogP contribution is -2.30. The van der Waals surface area contributed by atoms with Crippen LogP contribution in [0.4, 0.5) is 0 Å². The van der Waals surface area contributed by atoms with Gasteiger partial charge in [0.2, 0.25) is 0 Å². The standard InChI is InChI=1S/C85H138O16P2/c1-4-7-10-13-16-19-22-25-28-31-34-36-37-38-39-40-41-43-46-47-50-53-56-59-62-65-68-71-83(88)95-74-80(86)75-97-102(91,92)98-76-81(87)77-99-103(93,94)100-79-82(101-85(90)73-70-67-64-61-58-55-52-49-44-33-30-27-24-21-18-15-12-9-6-3)78-96-84(89)72-69-66-63-60-57-54-51-48-45-42-35-32-29-26-23-20-17-14-11-8-5-2/h7,9-10,12,16-21,25-30,34-36,38-39,41-44,48-49,51,55,58,80-82,86-87H,4-6,8,11,13-15,22-24,31-33,37,40,45-47,50,52-54,56-57,59-79H2,1-3H3,(H,91,92)(H,93,94)/b10-7-,12-9-,19-16-,20-17-,21-18-,28-25-,29-26-,30-27-,36-34-,39-38-,42-35-,43-41-,49-44-,51-48-,58-55-. The van der Waals surface area contributed by atoms with Crippen LogP contribution in [0.5, 0.6) is 0 Å². The summed E-state index contributed by atoms with van der Waals surface area (Å²) in [6, 6.07) is 0. The maximum absolute atomic E-state index is 13.0. The van der Waals surface area contributed by atoms with Gasteiger partial charge in [0.15, 0.2) is 6.10 Å². The van der Waals surface area contributed by atoms with Crippen molar-refractivity contribution in [3.63, 3.8) is 0 Å². The van der Waals surface area contributed by atoms with Crippen LogP contribution >= 0.6 is 15.6 Å². The van der Waals surface area contributed by atoms with E-state index in [0.717, 1.165) is 180 Å². The second-order valence-corrected chi connectivity index (χ2v) is 28.3. The number of esters is 3. The molecule has 0 aromatic carbocycles. The summed E-state index contributed by atoms with van der Waals surface area (Å²) in [5.41, 5.74) is 0. The molecule has 4 N–H and O–H groups in total. The highest BCUT2D eigenvalue weighted by molar-refractivity contribution is 7.47. The zero-order valence-corrected chi connectivity index (χ0v) is 65.5. The first-order chi connectivity index (χ1) is 50.2. The zero-order valence-electron chi connectivity index (χ0n) is 63.7. The molecule has 0 saturated heterocycles. The van der Waals surface area contributed by atoms with Gasteiger partial charge in [0.1, 0.15) is 25.4 Å². The van der Waals surface area contributed by atoms with Crippen molar-refractivity contribution in [2.45, 2.75) is 296 Å². The number of carbonyl (C=O) groups is 3. The van der Waals surface area contributed by atoms with Gasteiger partial charge < -0.3 is 34.2 Å². The van der Waals surface area contributed by atoms with E-state index < -0.39 is 91.5 Å². The van der Waals surface area contributed by atoms with Crippen molar-refractivity contribution >= 4 is 33.6 Å². The maximum atomic E-state index is 13.0. The normalized spacial score (nSPS) is 15.0. The summed E-state index contributed by atoms with van der Waals surface area (Å²) in [6.45, 7) is 2.33. The molecular weight excluding hydrogens is 1340 g/mol. The molecule has 0 fully saturated rings. The number of rotatable bonds is 72. The van der Waals surface area contributed by atoms with Crippen LogP contribution in [0, 0.1) is 0 Å². The molecule has 0 heterocycles. The average Bonchev–Trinajstić information content (AvgIpc) is 0.923. The summed E-state index contributed by atoms with van der Waals surface area (Å²) in [6.07, 6.45) is 97.8. The summed E-state index contributed by atoms with van der Waals surface area (Å²) < 4.78 is 61.1. The number of aliphatic hydroxyl groups excluding tert-OH is 2. The number of phosphoric ester groups is 2. The van der Waals surface area contributed by atoms with Crippen LogP contribution < -0.4 is 0 Å². The quantitative estimate of drug-likeness (QED) is 0.0146. The highest BCUT2D eigenvalue weighted by Crippen LogP contribution is 2.45. The summed E-state index contributed by atoms with van der Waals surface area (Å²) in [4.78, 5) is 58.7. The van der Waals surface area contributed by atoms with Gasteiger partial charge in [0.25, 0.3) is 0 Å². The van der Waals surface area contributed by atoms with Crippen molar-refractivity contribution in [2.75, 3.05) is 39.6 Å². The smallest absolute Gasteiger partial charge is 0.463 e. The Labute approximate surface area is 624 Å². The van der Waals surface area contributed by atoms with Crippen LogP contribution in [0.25, 0.3) is 0 Å². The lowest BCUT2D eigenvalue weighted by Gasteiger charge is -2.21. The topological polar surface area (TPSA) is 231 Å². The minimum atomic E-state index is -4.95. The number of carbonyl (C=O) groups excluding carboxylic acids is 3. The first-order valence-electron chi connectivity index (χ1n) is 39.1. The fourth-order valence-corrected chi connectivity index (χ4v) is 11.3. The largest absolute Gasteiger partial charge is 0.472 e. The molecule has 584 valence electrons. The second-order valence-electron chi connectivity index (χ2n) is 25.4. The van der Waals surface area contributed by atoms with Crippen LogP contribution in [-0.4, -0.2) is 95.9 Å². The van der Waals surface area contributed by atoms with E-state index in [1.807, 2.05) is 0 Å². The third kappa shape index (κ3) is 77.6. The van der Waals surface area contributed by atoms with Crippen molar-refractivity contribution in [1.82, 2.24) is 0 Å². The molecule has 0 bridgehead atoms. The van der Waals surface area contributed by atoms with Crippen molar-refractivity contribution in [1.29, 1.82) is 0 Å². The van der Waals surface area contributed by atoms with E-state index in [4.69, 9.17) is 32.3 Å². The molecule has 0 radical (unpaired) electrons. The fourth-order valence-electron chi connectivity index (χ4n) is 9.70. The van der Waals surface area contributed by atoms with Gasteiger partial charge in [-0.05, 0) is 161 Å². The maximum Gasteiger partial charge on any atom is 0.472 e. The molecule has 0 rings (SSSR count). The predicted molar refractivity (Wildman–Crippen MR) is 426 cm³/mol. The summed E-state index contributed by atoms with van der Waals surface area (Å²) in [5, 5.41) is 20.6. The zero-order chi connectivity index (χ0) is 75.2. The van der Waals surface area contributed by atoms with Gasteiger partial charge >= 0.3 is 33.6 Å². The van der Waals surface area contributed by atoms with Gasteiger partial charge in [-0.15, -0.1) is 0 Å². The number of allylic oxidation sites excluding steroid dienone is 30. The Morgan fingerprint density at radius 2 is 0.515 bits per heavy atom. The van der Waals surface area contributed by atoms with Crippen LogP contribution in [0.3, 0.4) is 0 Å². The molecule has 5 atom stereocenters. The Balaban J connectivity index is 4.71. The number of hydrogen-bond donors (Lipinski definition) is 4. The van der Waals surface area contributed by atoms with E-state index in [-0.39, 0.29) is 19.3 Å². The Kier molecular flexibility index (Phi) is 72.3. The predicted octanol–water partition coefficient (Wildman–Crippen LogP) is 23.0. The lowest BCUT2D eigenvalue weighted by atomic mass is 10.1. The molecule has 18 heteroatoms. The minimum Gasteiger partial charge on any atom is -0.463 e. The van der Waals surface area contributed by atoms with Gasteiger partial charge in [-0.2, -0.15) is 0 Å². The Morgan fingerprint density at radius 3 is 0.825 bits per heavy atom. The van der Waals surface area contributed by atoms with Crippen LogP contribution in [0.1, 0.15) is 278 Å². The SMILES string of the molecule is CC/C=C\C/C=C\C/C=C\C/C=C\C/C=C\C/C=C\CCCCCCCCCCC(=O)OCC(O)COP(=O)(O)OCC(O)COP(=O)(O)OCC(COC(=O)CCCCCCC/C=C\C/C=C\C/C=C\C/C=C\CCCCC)OC(=O)CCCCC/C=C\C/C=C\C/C=C\C/C=C\C/C=C\CC. The van der Waals surface area contributed by atoms with E-state index in [9.17, 15) is 43.5 Å². The molecule has 0 amide bonds. The Bertz CT molecular complexity index is 2600. The average molecular weight is 1480 g/mol. The molecule has 0 aromatic rings. The first-order valence-corrected chi connectivity index (χ1v) is 42.1. The number of ether oxygens (including phenoxy) is 3. The molecule has 16 nitrogen and oxygen atoms in total. The van der Waals surface area contributed by atoms with Gasteiger partial charge in [-0.25, -0.2) is 9.13 Å².